The Morgan fingerprint density at radius 1 is 1.00 bits per heavy atom. The van der Waals surface area contributed by atoms with Crippen molar-refractivity contribution >= 4 is 28.7 Å². The van der Waals surface area contributed by atoms with Crippen LogP contribution < -0.4 is 10.6 Å². The molecule has 2 aromatic carbocycles. The molecule has 7 nitrogen and oxygen atoms in total. The number of rotatable bonds is 6. The molecule has 3 N–H and O–H groups in total. The number of aromatic nitrogens is 3. The maximum Gasteiger partial charge on any atom is 0.253 e. The van der Waals surface area contributed by atoms with Crippen molar-refractivity contribution in [3.05, 3.63) is 78.0 Å². The van der Waals surface area contributed by atoms with Gasteiger partial charge in [0.2, 0.25) is 5.91 Å². The number of hydrogen-bond donors (Lipinski definition) is 3. The number of anilines is 1. The second-order valence-electron chi connectivity index (χ2n) is 6.89. The smallest absolute Gasteiger partial charge is 0.253 e. The summed E-state index contributed by atoms with van der Waals surface area (Å²) in [5.74, 6) is 0.394. The number of benzene rings is 2. The van der Waals surface area contributed by atoms with Crippen LogP contribution in [0.15, 0.2) is 66.9 Å². The normalized spacial score (nSPS) is 10.7. The number of fused-ring (bicyclic) bond motifs is 1. The molecule has 4 rings (SSSR count). The molecule has 4 aromatic rings. The summed E-state index contributed by atoms with van der Waals surface area (Å²) in [6.07, 6.45) is 2.27. The molecule has 0 aliphatic heterocycles. The lowest BCUT2D eigenvalue weighted by atomic mass is 10.1. The lowest BCUT2D eigenvalue weighted by molar-refractivity contribution is -0.114. The highest BCUT2D eigenvalue weighted by atomic mass is 16.2. The van der Waals surface area contributed by atoms with Crippen LogP contribution in [0.2, 0.25) is 0 Å². The molecule has 150 valence electrons. The summed E-state index contributed by atoms with van der Waals surface area (Å²) in [7, 11) is 0. The van der Waals surface area contributed by atoms with Crippen molar-refractivity contribution in [1.82, 2.24) is 20.3 Å². The zero-order chi connectivity index (χ0) is 20.9. The minimum Gasteiger partial charge on any atom is -0.352 e. The minimum absolute atomic E-state index is 0.104. The van der Waals surface area contributed by atoms with Gasteiger partial charge in [-0.2, -0.15) is 0 Å². The molecule has 2 amide bonds. The van der Waals surface area contributed by atoms with E-state index in [-0.39, 0.29) is 11.8 Å². The fourth-order valence-corrected chi connectivity index (χ4v) is 3.21. The van der Waals surface area contributed by atoms with Gasteiger partial charge in [0.15, 0.2) is 5.65 Å². The molecule has 0 saturated carbocycles. The summed E-state index contributed by atoms with van der Waals surface area (Å²) in [5, 5.41) is 5.69. The van der Waals surface area contributed by atoms with Crippen molar-refractivity contribution in [1.29, 1.82) is 0 Å². The Kier molecular flexibility index (Phi) is 5.52. The molecule has 0 unspecified atom stereocenters. The van der Waals surface area contributed by atoms with Crippen molar-refractivity contribution in [3.63, 3.8) is 0 Å². The Balaban J connectivity index is 1.43. The summed E-state index contributed by atoms with van der Waals surface area (Å²) in [6.45, 7) is 1.96. The number of carbonyl (C=O) groups is 2. The third-order valence-electron chi connectivity index (χ3n) is 4.66. The van der Waals surface area contributed by atoms with Gasteiger partial charge >= 0.3 is 0 Å². The highest BCUT2D eigenvalue weighted by molar-refractivity contribution is 6.04. The first kappa shape index (κ1) is 19.3. The molecular weight excluding hydrogens is 378 g/mol. The Morgan fingerprint density at radius 2 is 1.77 bits per heavy atom. The Bertz CT molecular complexity index is 1180. The number of nitrogens with zero attached hydrogens (tertiary/aromatic N) is 2. The van der Waals surface area contributed by atoms with Gasteiger partial charge in [-0.1, -0.05) is 42.5 Å². The van der Waals surface area contributed by atoms with Crippen LogP contribution in [-0.2, 0) is 11.2 Å². The van der Waals surface area contributed by atoms with Crippen LogP contribution in [0, 0.1) is 0 Å². The Hall–Kier alpha value is -4.00. The number of imidazole rings is 1. The van der Waals surface area contributed by atoms with Gasteiger partial charge in [-0.25, -0.2) is 9.97 Å². The Morgan fingerprint density at radius 3 is 2.50 bits per heavy atom. The first-order valence-corrected chi connectivity index (χ1v) is 9.65. The molecular formula is C23H21N5O2. The fourth-order valence-electron chi connectivity index (χ4n) is 3.21. The number of H-pyrrole nitrogens is 1. The molecule has 0 fully saturated rings. The standard InChI is InChI=1S/C23H21N5O2/c1-15(29)26-18-9-7-16(8-10-18)11-13-25-23(30)19-12-14-24-22-20(19)27-21(28-22)17-5-3-2-4-6-17/h2-10,12,14H,11,13H2,1H3,(H,25,30)(H,26,29)(H,24,27,28). The van der Waals surface area contributed by atoms with E-state index in [1.54, 1.807) is 12.3 Å². The van der Waals surface area contributed by atoms with Gasteiger partial charge in [0, 0.05) is 30.9 Å². The number of nitrogens with one attached hydrogen (secondary N) is 3. The lowest BCUT2D eigenvalue weighted by Crippen LogP contribution is -2.26. The van der Waals surface area contributed by atoms with E-state index in [1.165, 1.54) is 6.92 Å². The molecule has 0 aliphatic rings. The maximum absolute atomic E-state index is 12.7. The van der Waals surface area contributed by atoms with Gasteiger partial charge in [0.25, 0.3) is 5.91 Å². The molecule has 7 heteroatoms. The van der Waals surface area contributed by atoms with Gasteiger partial charge in [-0.3, -0.25) is 9.59 Å². The predicted octanol–water partition coefficient (Wildman–Crippen LogP) is 3.56. The predicted molar refractivity (Wildman–Crippen MR) is 116 cm³/mol. The van der Waals surface area contributed by atoms with E-state index in [2.05, 4.69) is 25.6 Å². The Labute approximate surface area is 173 Å². The van der Waals surface area contributed by atoms with E-state index in [9.17, 15) is 9.59 Å². The molecule has 2 heterocycles. The van der Waals surface area contributed by atoms with Crippen LogP contribution in [0.1, 0.15) is 22.8 Å². The summed E-state index contributed by atoms with van der Waals surface area (Å²) in [5.41, 5.74) is 4.39. The molecule has 0 bridgehead atoms. The molecule has 2 aromatic heterocycles. The summed E-state index contributed by atoms with van der Waals surface area (Å²) >= 11 is 0. The van der Waals surface area contributed by atoms with E-state index in [0.29, 0.717) is 35.5 Å². The average Bonchev–Trinajstić information content (AvgIpc) is 3.19. The number of hydrogen-bond acceptors (Lipinski definition) is 4. The number of pyridine rings is 1. The molecule has 0 spiro atoms. The highest BCUT2D eigenvalue weighted by Crippen LogP contribution is 2.21. The zero-order valence-corrected chi connectivity index (χ0v) is 16.5. The number of carbonyl (C=O) groups excluding carboxylic acids is 2. The van der Waals surface area contributed by atoms with Crippen LogP contribution in [0.3, 0.4) is 0 Å². The summed E-state index contributed by atoms with van der Waals surface area (Å²) < 4.78 is 0. The second kappa shape index (κ2) is 8.57. The lowest BCUT2D eigenvalue weighted by Gasteiger charge is -2.07. The van der Waals surface area contributed by atoms with Crippen LogP contribution >= 0.6 is 0 Å². The molecule has 0 atom stereocenters. The van der Waals surface area contributed by atoms with Crippen molar-refractivity contribution in [2.45, 2.75) is 13.3 Å². The van der Waals surface area contributed by atoms with Crippen LogP contribution in [0.5, 0.6) is 0 Å². The van der Waals surface area contributed by atoms with E-state index in [0.717, 1.165) is 16.8 Å². The maximum atomic E-state index is 12.7. The van der Waals surface area contributed by atoms with Crippen molar-refractivity contribution in [2.75, 3.05) is 11.9 Å². The van der Waals surface area contributed by atoms with E-state index in [1.807, 2.05) is 54.6 Å². The van der Waals surface area contributed by atoms with Gasteiger partial charge in [-0.15, -0.1) is 0 Å². The highest BCUT2D eigenvalue weighted by Gasteiger charge is 2.14. The van der Waals surface area contributed by atoms with Crippen molar-refractivity contribution in [2.24, 2.45) is 0 Å². The van der Waals surface area contributed by atoms with E-state index >= 15 is 0 Å². The van der Waals surface area contributed by atoms with Crippen molar-refractivity contribution < 1.29 is 9.59 Å². The van der Waals surface area contributed by atoms with E-state index in [4.69, 9.17) is 0 Å². The number of aromatic amines is 1. The first-order valence-electron chi connectivity index (χ1n) is 9.65. The summed E-state index contributed by atoms with van der Waals surface area (Å²) in [4.78, 5) is 35.8. The first-order chi connectivity index (χ1) is 14.6. The van der Waals surface area contributed by atoms with Crippen molar-refractivity contribution in [3.8, 4) is 11.4 Å². The second-order valence-corrected chi connectivity index (χ2v) is 6.89. The van der Waals surface area contributed by atoms with E-state index < -0.39 is 0 Å². The molecule has 0 radical (unpaired) electrons. The monoisotopic (exact) mass is 399 g/mol. The van der Waals surface area contributed by atoms with Gasteiger partial charge in [-0.05, 0) is 30.2 Å². The zero-order valence-electron chi connectivity index (χ0n) is 16.5. The van der Waals surface area contributed by atoms with Crippen LogP contribution in [0.25, 0.3) is 22.6 Å². The largest absolute Gasteiger partial charge is 0.352 e. The topological polar surface area (TPSA) is 99.8 Å². The minimum atomic E-state index is -0.180. The van der Waals surface area contributed by atoms with Crippen LogP contribution in [-0.4, -0.2) is 33.3 Å². The third-order valence-corrected chi connectivity index (χ3v) is 4.66. The fraction of sp³-hybridized carbons (Fsp3) is 0.130. The summed E-state index contributed by atoms with van der Waals surface area (Å²) in [6, 6.07) is 19.0. The molecule has 0 aliphatic carbocycles. The third kappa shape index (κ3) is 4.35. The van der Waals surface area contributed by atoms with Gasteiger partial charge < -0.3 is 15.6 Å². The average molecular weight is 399 g/mol. The van der Waals surface area contributed by atoms with Gasteiger partial charge in [0.1, 0.15) is 5.82 Å². The molecule has 30 heavy (non-hydrogen) atoms. The molecule has 0 saturated heterocycles. The van der Waals surface area contributed by atoms with Crippen LogP contribution in [0.4, 0.5) is 5.69 Å². The van der Waals surface area contributed by atoms with Gasteiger partial charge in [0.05, 0.1) is 11.1 Å². The SMILES string of the molecule is CC(=O)Nc1ccc(CCNC(=O)c2ccnc3nc(-c4ccccc4)[nH]c23)cc1. The number of amides is 2. The quantitative estimate of drug-likeness (QED) is 0.462.